The maximum atomic E-state index is 9.58. The molecule has 112 valence electrons. The number of benzene rings is 1. The van der Waals surface area contributed by atoms with Crippen LogP contribution in [0.2, 0.25) is 5.02 Å². The fraction of sp³-hybridized carbons (Fsp3) is 0.333. The van der Waals surface area contributed by atoms with Gasteiger partial charge < -0.3 is 0 Å². The summed E-state index contributed by atoms with van der Waals surface area (Å²) < 4.78 is 0. The van der Waals surface area contributed by atoms with Gasteiger partial charge in [-0.3, -0.25) is 0 Å². The van der Waals surface area contributed by atoms with Crippen molar-refractivity contribution in [2.75, 3.05) is 0 Å². The molecule has 0 bridgehead atoms. The van der Waals surface area contributed by atoms with Gasteiger partial charge in [0.2, 0.25) is 0 Å². The summed E-state index contributed by atoms with van der Waals surface area (Å²) in [5, 5.41) is 13.2. The Balaban J connectivity index is 1.93. The van der Waals surface area contributed by atoms with Crippen molar-refractivity contribution in [3.05, 3.63) is 45.2 Å². The number of nitriles is 1. The second-order valence-corrected chi connectivity index (χ2v) is 7.13. The largest absolute Gasteiger partial charge is 0.235 e. The number of nitrogens with zero attached hydrogens (tertiary/aromatic N) is 2. The van der Waals surface area contributed by atoms with E-state index in [0.29, 0.717) is 5.92 Å². The number of hydrogen-bond donors (Lipinski definition) is 0. The lowest BCUT2D eigenvalue weighted by molar-refractivity contribution is 0.454. The van der Waals surface area contributed by atoms with Crippen LogP contribution in [0.1, 0.15) is 37.6 Å². The van der Waals surface area contributed by atoms with Gasteiger partial charge >= 0.3 is 0 Å². The normalized spacial score (nSPS) is 20.5. The fourth-order valence-electron chi connectivity index (χ4n) is 2.94. The lowest BCUT2D eigenvalue weighted by atomic mass is 9.84. The quantitative estimate of drug-likeness (QED) is 0.638. The van der Waals surface area contributed by atoms with Crippen LogP contribution < -0.4 is 0 Å². The molecule has 1 heterocycles. The Bertz CT molecular complexity index is 737. The van der Waals surface area contributed by atoms with Gasteiger partial charge in [-0.25, -0.2) is 4.98 Å². The summed E-state index contributed by atoms with van der Waals surface area (Å²) >= 11 is 7.48. The highest BCUT2D eigenvalue weighted by molar-refractivity contribution is 7.11. The second kappa shape index (κ2) is 6.64. The van der Waals surface area contributed by atoms with E-state index >= 15 is 0 Å². The fourth-order valence-corrected chi connectivity index (χ4v) is 3.93. The van der Waals surface area contributed by atoms with E-state index in [1.807, 2.05) is 29.6 Å². The van der Waals surface area contributed by atoms with Crippen molar-refractivity contribution in [3.63, 3.8) is 0 Å². The van der Waals surface area contributed by atoms with Crippen molar-refractivity contribution >= 4 is 28.5 Å². The minimum Gasteiger partial charge on any atom is -0.235 e. The minimum atomic E-state index is 0.669. The molecule has 1 atom stereocenters. The average molecular weight is 329 g/mol. The van der Waals surface area contributed by atoms with Gasteiger partial charge in [0.25, 0.3) is 0 Å². The molecule has 2 aromatic rings. The summed E-state index contributed by atoms with van der Waals surface area (Å²) in [7, 11) is 0. The van der Waals surface area contributed by atoms with Crippen LogP contribution in [-0.4, -0.2) is 4.98 Å². The number of aromatic nitrogens is 1. The Morgan fingerprint density at radius 3 is 2.82 bits per heavy atom. The van der Waals surface area contributed by atoms with Crippen LogP contribution in [0.3, 0.4) is 0 Å². The summed E-state index contributed by atoms with van der Waals surface area (Å²) in [6.45, 7) is 2.26. The third kappa shape index (κ3) is 3.24. The SMILES string of the molecule is C[C@@H]1CCC/C(=C(/C#N)c2nc(-c3ccc(Cl)cc3)cs2)C1. The van der Waals surface area contributed by atoms with E-state index in [1.165, 1.54) is 18.4 Å². The molecule has 0 aliphatic heterocycles. The molecule has 4 heteroatoms. The topological polar surface area (TPSA) is 36.7 Å². The Morgan fingerprint density at radius 2 is 2.14 bits per heavy atom. The number of allylic oxidation sites excluding steroid dienone is 2. The van der Waals surface area contributed by atoms with Gasteiger partial charge in [0.15, 0.2) is 0 Å². The maximum absolute atomic E-state index is 9.58. The molecule has 1 aromatic carbocycles. The zero-order chi connectivity index (χ0) is 15.5. The Hall–Kier alpha value is -1.63. The first-order valence-corrected chi connectivity index (χ1v) is 8.77. The molecule has 0 spiro atoms. The molecule has 22 heavy (non-hydrogen) atoms. The Morgan fingerprint density at radius 1 is 1.36 bits per heavy atom. The maximum Gasteiger partial charge on any atom is 0.134 e. The monoisotopic (exact) mass is 328 g/mol. The third-order valence-corrected chi connectivity index (χ3v) is 5.21. The summed E-state index contributed by atoms with van der Waals surface area (Å²) in [6.07, 6.45) is 4.50. The van der Waals surface area contributed by atoms with Crippen LogP contribution in [0, 0.1) is 17.2 Å². The molecule has 0 radical (unpaired) electrons. The molecule has 1 aliphatic carbocycles. The van der Waals surface area contributed by atoms with Gasteiger partial charge in [0.05, 0.1) is 11.3 Å². The summed E-state index contributed by atoms with van der Waals surface area (Å²) in [4.78, 5) is 4.68. The summed E-state index contributed by atoms with van der Waals surface area (Å²) in [5.74, 6) is 0.669. The molecule has 3 rings (SSSR count). The molecule has 1 aromatic heterocycles. The van der Waals surface area contributed by atoms with E-state index in [2.05, 4.69) is 18.0 Å². The van der Waals surface area contributed by atoms with E-state index < -0.39 is 0 Å². The molecule has 0 saturated heterocycles. The minimum absolute atomic E-state index is 0.669. The van der Waals surface area contributed by atoms with E-state index in [0.717, 1.165) is 39.7 Å². The van der Waals surface area contributed by atoms with Crippen LogP contribution in [0.15, 0.2) is 35.2 Å². The zero-order valence-electron chi connectivity index (χ0n) is 12.5. The highest BCUT2D eigenvalue weighted by Gasteiger charge is 2.19. The van der Waals surface area contributed by atoms with E-state index in [1.54, 1.807) is 11.3 Å². The molecule has 1 fully saturated rings. The molecular weight excluding hydrogens is 312 g/mol. The molecule has 0 unspecified atom stereocenters. The Kier molecular flexibility index (Phi) is 4.61. The molecule has 1 aliphatic rings. The first-order chi connectivity index (χ1) is 10.7. The second-order valence-electron chi connectivity index (χ2n) is 5.84. The third-order valence-electron chi connectivity index (χ3n) is 4.09. The smallest absolute Gasteiger partial charge is 0.134 e. The van der Waals surface area contributed by atoms with Gasteiger partial charge in [-0.1, -0.05) is 37.1 Å². The molecule has 0 amide bonds. The Labute approximate surface area is 140 Å². The van der Waals surface area contributed by atoms with E-state index in [-0.39, 0.29) is 0 Å². The van der Waals surface area contributed by atoms with Crippen molar-refractivity contribution in [2.45, 2.75) is 32.6 Å². The highest BCUT2D eigenvalue weighted by atomic mass is 35.5. The predicted octanol–water partition coefficient (Wildman–Crippen LogP) is 5.95. The van der Waals surface area contributed by atoms with Gasteiger partial charge in [-0.15, -0.1) is 11.3 Å². The molecule has 2 nitrogen and oxygen atoms in total. The molecule has 1 saturated carbocycles. The van der Waals surface area contributed by atoms with Gasteiger partial charge in [0, 0.05) is 16.0 Å². The van der Waals surface area contributed by atoms with Gasteiger partial charge in [0.1, 0.15) is 11.1 Å². The van der Waals surface area contributed by atoms with Crippen molar-refractivity contribution in [1.29, 1.82) is 5.26 Å². The van der Waals surface area contributed by atoms with Crippen LogP contribution >= 0.6 is 22.9 Å². The lowest BCUT2D eigenvalue weighted by Crippen LogP contribution is -2.06. The van der Waals surface area contributed by atoms with Crippen LogP contribution in [-0.2, 0) is 0 Å². The number of halogens is 1. The van der Waals surface area contributed by atoms with Gasteiger partial charge in [-0.2, -0.15) is 5.26 Å². The average Bonchev–Trinajstić information content (AvgIpc) is 2.98. The number of rotatable bonds is 2. The number of hydrogen-bond acceptors (Lipinski definition) is 3. The van der Waals surface area contributed by atoms with Crippen molar-refractivity contribution in [2.24, 2.45) is 5.92 Å². The van der Waals surface area contributed by atoms with Gasteiger partial charge in [-0.05, 0) is 42.9 Å². The first-order valence-electron chi connectivity index (χ1n) is 7.51. The lowest BCUT2D eigenvalue weighted by Gasteiger charge is -2.21. The number of thiazole rings is 1. The highest BCUT2D eigenvalue weighted by Crippen LogP contribution is 2.35. The van der Waals surface area contributed by atoms with Crippen LogP contribution in [0.25, 0.3) is 16.8 Å². The van der Waals surface area contributed by atoms with E-state index in [4.69, 9.17) is 11.6 Å². The molecular formula is C18H17ClN2S. The first kappa shape index (κ1) is 15.3. The zero-order valence-corrected chi connectivity index (χ0v) is 14.0. The van der Waals surface area contributed by atoms with E-state index in [9.17, 15) is 5.26 Å². The predicted molar refractivity (Wildman–Crippen MR) is 92.7 cm³/mol. The van der Waals surface area contributed by atoms with Crippen molar-refractivity contribution in [3.8, 4) is 17.3 Å². The van der Waals surface area contributed by atoms with Crippen molar-refractivity contribution < 1.29 is 0 Å². The summed E-state index contributed by atoms with van der Waals surface area (Å²) in [6, 6.07) is 10.0. The standard InChI is InChI=1S/C18H17ClN2S/c1-12-3-2-4-14(9-12)16(10-20)18-21-17(11-22-18)13-5-7-15(19)8-6-13/h5-8,11-12H,2-4,9H2,1H3/b16-14+/t12-/m1/s1. The van der Waals surface area contributed by atoms with Crippen LogP contribution in [0.5, 0.6) is 0 Å². The van der Waals surface area contributed by atoms with Crippen molar-refractivity contribution in [1.82, 2.24) is 4.98 Å². The van der Waals surface area contributed by atoms with Crippen LogP contribution in [0.4, 0.5) is 0 Å². The molecule has 0 N–H and O–H groups in total. The summed E-state index contributed by atoms with van der Waals surface area (Å²) in [5.41, 5.74) is 4.01.